The smallest absolute Gasteiger partial charge is 0.239 e. The Labute approximate surface area is 185 Å². The summed E-state index contributed by atoms with van der Waals surface area (Å²) in [4.78, 5) is 18.8. The van der Waals surface area contributed by atoms with Gasteiger partial charge in [0.1, 0.15) is 10.8 Å². The molecule has 1 aliphatic rings. The molecule has 0 aliphatic carbocycles. The molecule has 29 heavy (non-hydrogen) atoms. The van der Waals surface area contributed by atoms with Gasteiger partial charge in [0.05, 0.1) is 12.2 Å². The number of rotatable bonds is 6. The number of carbonyl (C=O) groups excluding carboxylic acids is 1. The molecular formula is C20H24Cl3N5O. The molecule has 9 heteroatoms. The molecule has 1 unspecified atom stereocenters. The molecule has 0 bridgehead atoms. The van der Waals surface area contributed by atoms with Crippen LogP contribution < -0.4 is 21.3 Å². The number of hydrogen-bond donors (Lipinski definition) is 3. The van der Waals surface area contributed by atoms with Crippen LogP contribution in [-0.4, -0.2) is 36.6 Å². The Kier molecular flexibility index (Phi) is 7.33. The quantitative estimate of drug-likeness (QED) is 0.601. The maximum absolute atomic E-state index is 12.4. The van der Waals surface area contributed by atoms with E-state index in [1.807, 2.05) is 0 Å². The summed E-state index contributed by atoms with van der Waals surface area (Å²) in [5, 5.41) is 7.66. The molecule has 1 aromatic carbocycles. The predicted molar refractivity (Wildman–Crippen MR) is 121 cm³/mol. The van der Waals surface area contributed by atoms with Gasteiger partial charge in [-0.05, 0) is 43.0 Å². The van der Waals surface area contributed by atoms with Crippen molar-refractivity contribution < 1.29 is 4.79 Å². The number of piperidine rings is 1. The third-order valence-corrected chi connectivity index (χ3v) is 5.70. The van der Waals surface area contributed by atoms with Crippen LogP contribution in [-0.2, 0) is 11.2 Å². The van der Waals surface area contributed by atoms with Gasteiger partial charge in [-0.1, -0.05) is 41.7 Å². The normalized spacial score (nSPS) is 16.6. The second-order valence-corrected chi connectivity index (χ2v) is 8.30. The zero-order valence-corrected chi connectivity index (χ0v) is 18.4. The molecular weight excluding hydrogens is 433 g/mol. The van der Waals surface area contributed by atoms with Gasteiger partial charge < -0.3 is 21.3 Å². The minimum atomic E-state index is -0.0935. The van der Waals surface area contributed by atoms with E-state index in [2.05, 4.69) is 27.4 Å². The van der Waals surface area contributed by atoms with Gasteiger partial charge in [-0.3, -0.25) is 4.79 Å². The number of benzene rings is 1. The number of carbonyl (C=O) groups is 1. The Morgan fingerprint density at radius 2 is 2.00 bits per heavy atom. The number of nitrogens with zero attached hydrogens (tertiary/aromatic N) is 2. The van der Waals surface area contributed by atoms with Crippen molar-refractivity contribution in [1.29, 1.82) is 0 Å². The van der Waals surface area contributed by atoms with Crippen LogP contribution in [0.25, 0.3) is 0 Å². The van der Waals surface area contributed by atoms with Gasteiger partial charge in [-0.25, -0.2) is 4.98 Å². The van der Waals surface area contributed by atoms with E-state index in [1.54, 1.807) is 24.4 Å². The Morgan fingerprint density at radius 1 is 1.28 bits per heavy atom. The van der Waals surface area contributed by atoms with Gasteiger partial charge in [0.25, 0.3) is 0 Å². The van der Waals surface area contributed by atoms with Crippen molar-refractivity contribution in [3.8, 4) is 0 Å². The molecule has 1 saturated heterocycles. The lowest BCUT2D eigenvalue weighted by Crippen LogP contribution is -2.49. The molecule has 1 aliphatic heterocycles. The molecule has 0 radical (unpaired) electrons. The van der Waals surface area contributed by atoms with E-state index in [-0.39, 0.29) is 18.5 Å². The van der Waals surface area contributed by atoms with Crippen LogP contribution >= 0.6 is 34.8 Å². The third kappa shape index (κ3) is 5.59. The lowest BCUT2D eigenvalue weighted by Gasteiger charge is -2.36. The fourth-order valence-electron chi connectivity index (χ4n) is 3.54. The Bertz CT molecular complexity index is 872. The third-order valence-electron chi connectivity index (χ3n) is 4.90. The lowest BCUT2D eigenvalue weighted by molar-refractivity contribution is -0.120. The van der Waals surface area contributed by atoms with E-state index in [4.69, 9.17) is 40.5 Å². The first-order valence-electron chi connectivity index (χ1n) is 9.54. The second-order valence-electron chi connectivity index (χ2n) is 7.05. The summed E-state index contributed by atoms with van der Waals surface area (Å²) >= 11 is 18.4. The van der Waals surface area contributed by atoms with Crippen molar-refractivity contribution in [2.75, 3.05) is 35.6 Å². The number of nitrogens with one attached hydrogen (secondary N) is 2. The molecule has 2 heterocycles. The van der Waals surface area contributed by atoms with Crippen LogP contribution in [0.3, 0.4) is 0 Å². The topological polar surface area (TPSA) is 83.3 Å². The first-order valence-corrected chi connectivity index (χ1v) is 10.7. The summed E-state index contributed by atoms with van der Waals surface area (Å²) in [7, 11) is 0. The van der Waals surface area contributed by atoms with Crippen molar-refractivity contribution in [1.82, 2.24) is 10.3 Å². The van der Waals surface area contributed by atoms with Crippen molar-refractivity contribution in [2.24, 2.45) is 0 Å². The summed E-state index contributed by atoms with van der Waals surface area (Å²) in [6.45, 7) is 3.73. The van der Waals surface area contributed by atoms with E-state index in [0.29, 0.717) is 33.1 Å². The summed E-state index contributed by atoms with van der Waals surface area (Å²) in [5.74, 6) is 0.235. The zero-order valence-electron chi connectivity index (χ0n) is 16.1. The van der Waals surface area contributed by atoms with Crippen molar-refractivity contribution in [3.05, 3.63) is 45.0 Å². The molecule has 0 saturated carbocycles. The number of nitrogens with two attached hydrogens (primary N) is 1. The van der Waals surface area contributed by atoms with Crippen LogP contribution in [0.15, 0.2) is 24.4 Å². The van der Waals surface area contributed by atoms with Gasteiger partial charge in [0.2, 0.25) is 5.91 Å². The molecule has 1 fully saturated rings. The van der Waals surface area contributed by atoms with Crippen LogP contribution in [0.1, 0.15) is 25.3 Å². The Hall–Kier alpha value is -1.89. The predicted octanol–water partition coefficient (Wildman–Crippen LogP) is 4.38. The van der Waals surface area contributed by atoms with Crippen LogP contribution in [0.2, 0.25) is 15.1 Å². The standard InChI is InChI=1S/C20H24Cl3N5O/c1-2-12-9-26-20(24)18(23)19(12)28-5-3-4-15(11-28)27-17(29)10-25-16-7-13(21)6-14(22)8-16/h6-9,15,25H,2-5,10-11H2,1H3,(H2,24,26)(H,27,29). The molecule has 1 atom stereocenters. The van der Waals surface area contributed by atoms with E-state index in [0.717, 1.165) is 37.1 Å². The van der Waals surface area contributed by atoms with Gasteiger partial charge >= 0.3 is 0 Å². The molecule has 2 aromatic rings. The lowest BCUT2D eigenvalue weighted by atomic mass is 10.0. The minimum absolute atomic E-state index is 0.0242. The first-order chi connectivity index (χ1) is 13.9. The molecule has 156 valence electrons. The molecule has 4 N–H and O–H groups in total. The largest absolute Gasteiger partial charge is 0.382 e. The number of aromatic nitrogens is 1. The Balaban J connectivity index is 1.61. The highest BCUT2D eigenvalue weighted by atomic mass is 35.5. The fraction of sp³-hybridized carbons (Fsp3) is 0.400. The summed E-state index contributed by atoms with van der Waals surface area (Å²) in [6, 6.07) is 5.12. The molecule has 6 nitrogen and oxygen atoms in total. The van der Waals surface area contributed by atoms with E-state index >= 15 is 0 Å². The molecule has 0 spiro atoms. The van der Waals surface area contributed by atoms with E-state index in [1.165, 1.54) is 0 Å². The average molecular weight is 457 g/mol. The maximum atomic E-state index is 12.4. The Morgan fingerprint density at radius 3 is 2.69 bits per heavy atom. The average Bonchev–Trinajstić information content (AvgIpc) is 2.68. The number of halogens is 3. The first kappa shape index (κ1) is 21.8. The summed E-state index contributed by atoms with van der Waals surface area (Å²) in [6.07, 6.45) is 4.44. The number of nitrogen functional groups attached to an aromatic ring is 1. The number of aryl methyl sites for hydroxylation is 1. The summed E-state index contributed by atoms with van der Waals surface area (Å²) < 4.78 is 0. The van der Waals surface area contributed by atoms with Crippen LogP contribution in [0.4, 0.5) is 17.2 Å². The molecule has 3 rings (SSSR count). The fourth-order valence-corrected chi connectivity index (χ4v) is 4.36. The van der Waals surface area contributed by atoms with Crippen LogP contribution in [0.5, 0.6) is 0 Å². The highest BCUT2D eigenvalue weighted by Gasteiger charge is 2.25. The van der Waals surface area contributed by atoms with Gasteiger partial charge in [0.15, 0.2) is 0 Å². The molecule has 1 aromatic heterocycles. The van der Waals surface area contributed by atoms with Crippen molar-refractivity contribution >= 4 is 57.9 Å². The number of anilines is 3. The summed E-state index contributed by atoms with van der Waals surface area (Å²) in [5.41, 5.74) is 8.59. The number of amides is 1. The maximum Gasteiger partial charge on any atom is 0.239 e. The number of hydrogen-bond acceptors (Lipinski definition) is 5. The van der Waals surface area contributed by atoms with E-state index in [9.17, 15) is 4.79 Å². The number of pyridine rings is 1. The minimum Gasteiger partial charge on any atom is -0.382 e. The van der Waals surface area contributed by atoms with Gasteiger partial charge in [-0.15, -0.1) is 0 Å². The highest BCUT2D eigenvalue weighted by Crippen LogP contribution is 2.35. The monoisotopic (exact) mass is 455 g/mol. The second kappa shape index (κ2) is 9.74. The van der Waals surface area contributed by atoms with Gasteiger partial charge in [0, 0.05) is 41.1 Å². The van der Waals surface area contributed by atoms with Crippen molar-refractivity contribution in [2.45, 2.75) is 32.2 Å². The van der Waals surface area contributed by atoms with E-state index < -0.39 is 0 Å². The van der Waals surface area contributed by atoms with Crippen LogP contribution in [0, 0.1) is 0 Å². The SMILES string of the molecule is CCc1cnc(N)c(Cl)c1N1CCCC(NC(=O)CNc2cc(Cl)cc(Cl)c2)C1. The van der Waals surface area contributed by atoms with Gasteiger partial charge in [-0.2, -0.15) is 0 Å². The molecule has 1 amide bonds. The highest BCUT2D eigenvalue weighted by molar-refractivity contribution is 6.35. The van der Waals surface area contributed by atoms with Crippen molar-refractivity contribution in [3.63, 3.8) is 0 Å². The zero-order chi connectivity index (χ0) is 21.0.